The van der Waals surface area contributed by atoms with Crippen LogP contribution < -0.4 is 5.32 Å². The van der Waals surface area contributed by atoms with E-state index in [1.807, 2.05) is 36.1 Å². The molecule has 0 spiro atoms. The Kier molecular flexibility index (Phi) is 3.93. The third-order valence-corrected chi connectivity index (χ3v) is 4.61. The number of amides is 1. The second-order valence-electron chi connectivity index (χ2n) is 5.85. The maximum Gasteiger partial charge on any atom is 0.240 e. The molecule has 0 aliphatic carbocycles. The Hall–Kier alpha value is -1.50. The molecule has 21 heavy (non-hydrogen) atoms. The van der Waals surface area contributed by atoms with Crippen molar-refractivity contribution in [1.82, 2.24) is 9.88 Å². The van der Waals surface area contributed by atoms with Gasteiger partial charge in [0.1, 0.15) is 0 Å². The van der Waals surface area contributed by atoms with Gasteiger partial charge in [0.2, 0.25) is 5.91 Å². The number of benzene rings is 1. The van der Waals surface area contributed by atoms with Crippen molar-refractivity contribution in [2.45, 2.75) is 25.4 Å². The van der Waals surface area contributed by atoms with Crippen molar-refractivity contribution in [2.75, 3.05) is 25.0 Å². The number of aromatic nitrogens is 1. The van der Waals surface area contributed by atoms with Crippen molar-refractivity contribution in [3.63, 3.8) is 0 Å². The molecule has 0 saturated carbocycles. The molecular formula is C15H19N3O2S. The number of anilines is 1. The van der Waals surface area contributed by atoms with Gasteiger partial charge in [0.05, 0.1) is 22.4 Å². The van der Waals surface area contributed by atoms with E-state index in [0.717, 1.165) is 29.6 Å². The number of hydrogen-bond donors (Lipinski definition) is 2. The maximum absolute atomic E-state index is 12.1. The van der Waals surface area contributed by atoms with E-state index in [4.69, 9.17) is 0 Å². The highest BCUT2D eigenvalue weighted by molar-refractivity contribution is 7.22. The molecule has 1 saturated heterocycles. The summed E-state index contributed by atoms with van der Waals surface area (Å²) in [5.41, 5.74) is 0.215. The Balaban J connectivity index is 1.61. The number of thiazole rings is 1. The van der Waals surface area contributed by atoms with Crippen molar-refractivity contribution in [2.24, 2.45) is 0 Å². The van der Waals surface area contributed by atoms with E-state index in [1.165, 1.54) is 11.3 Å². The SMILES string of the molecule is CC1(O)CCCN(CC(=O)Nc2nc3ccccc3s2)C1. The van der Waals surface area contributed by atoms with Gasteiger partial charge in [-0.1, -0.05) is 23.5 Å². The van der Waals surface area contributed by atoms with Gasteiger partial charge in [-0.2, -0.15) is 0 Å². The van der Waals surface area contributed by atoms with Gasteiger partial charge in [0, 0.05) is 6.54 Å². The number of carbonyl (C=O) groups is 1. The van der Waals surface area contributed by atoms with E-state index in [1.54, 1.807) is 0 Å². The molecule has 2 heterocycles. The van der Waals surface area contributed by atoms with Crippen LogP contribution in [-0.2, 0) is 4.79 Å². The predicted octanol–water partition coefficient (Wildman–Crippen LogP) is 2.08. The lowest BCUT2D eigenvalue weighted by Gasteiger charge is -2.36. The molecule has 0 radical (unpaired) electrons. The number of hydrogen-bond acceptors (Lipinski definition) is 5. The number of carbonyl (C=O) groups excluding carboxylic acids is 1. The van der Waals surface area contributed by atoms with Gasteiger partial charge in [-0.15, -0.1) is 0 Å². The molecular weight excluding hydrogens is 286 g/mol. The number of likely N-dealkylation sites (tertiary alicyclic amines) is 1. The Bertz CT molecular complexity index is 620. The number of aliphatic hydroxyl groups is 1. The van der Waals surface area contributed by atoms with Gasteiger partial charge in [0.25, 0.3) is 0 Å². The third-order valence-electron chi connectivity index (χ3n) is 3.66. The zero-order valence-corrected chi connectivity index (χ0v) is 12.8. The van der Waals surface area contributed by atoms with Gasteiger partial charge in [0.15, 0.2) is 5.13 Å². The lowest BCUT2D eigenvalue weighted by molar-refractivity contribution is -0.118. The summed E-state index contributed by atoms with van der Waals surface area (Å²) in [6.45, 7) is 3.51. The second kappa shape index (κ2) is 5.71. The summed E-state index contributed by atoms with van der Waals surface area (Å²) in [4.78, 5) is 18.5. The van der Waals surface area contributed by atoms with Crippen LogP contribution in [0.3, 0.4) is 0 Å². The minimum absolute atomic E-state index is 0.0771. The summed E-state index contributed by atoms with van der Waals surface area (Å²) in [7, 11) is 0. The van der Waals surface area contributed by atoms with E-state index in [0.29, 0.717) is 18.2 Å². The summed E-state index contributed by atoms with van der Waals surface area (Å²) >= 11 is 1.48. The van der Waals surface area contributed by atoms with E-state index >= 15 is 0 Å². The summed E-state index contributed by atoms with van der Waals surface area (Å²) in [6.07, 6.45) is 1.71. The largest absolute Gasteiger partial charge is 0.389 e. The molecule has 1 fully saturated rings. The molecule has 1 aromatic heterocycles. The number of piperidine rings is 1. The lowest BCUT2D eigenvalue weighted by atomic mass is 9.95. The summed E-state index contributed by atoms with van der Waals surface area (Å²) < 4.78 is 1.06. The molecule has 2 aromatic rings. The Morgan fingerprint density at radius 1 is 1.52 bits per heavy atom. The molecule has 112 valence electrons. The van der Waals surface area contributed by atoms with E-state index in [2.05, 4.69) is 10.3 Å². The first kappa shape index (κ1) is 14.4. The van der Waals surface area contributed by atoms with Crippen LogP contribution in [0.2, 0.25) is 0 Å². The fourth-order valence-electron chi connectivity index (χ4n) is 2.75. The van der Waals surface area contributed by atoms with Crippen LogP contribution >= 0.6 is 11.3 Å². The maximum atomic E-state index is 12.1. The third kappa shape index (κ3) is 3.58. The molecule has 1 aromatic carbocycles. The topological polar surface area (TPSA) is 65.5 Å². The van der Waals surface area contributed by atoms with Crippen LogP contribution in [0, 0.1) is 0 Å². The monoisotopic (exact) mass is 305 g/mol. The smallest absolute Gasteiger partial charge is 0.240 e. The first-order chi connectivity index (χ1) is 10.0. The van der Waals surface area contributed by atoms with Crippen LogP contribution in [0.15, 0.2) is 24.3 Å². The number of nitrogens with zero attached hydrogens (tertiary/aromatic N) is 2. The molecule has 0 bridgehead atoms. The molecule has 1 amide bonds. The highest BCUT2D eigenvalue weighted by Crippen LogP contribution is 2.25. The fraction of sp³-hybridized carbons (Fsp3) is 0.467. The summed E-state index contributed by atoms with van der Waals surface area (Å²) in [5, 5.41) is 13.5. The molecule has 2 N–H and O–H groups in total. The van der Waals surface area contributed by atoms with Crippen LogP contribution in [0.25, 0.3) is 10.2 Å². The number of nitrogens with one attached hydrogen (secondary N) is 1. The first-order valence-electron chi connectivity index (χ1n) is 7.12. The molecule has 5 nitrogen and oxygen atoms in total. The molecule has 1 aliphatic rings. The highest BCUT2D eigenvalue weighted by atomic mass is 32.1. The van der Waals surface area contributed by atoms with Gasteiger partial charge in [-0.25, -0.2) is 4.98 Å². The van der Waals surface area contributed by atoms with Crippen molar-refractivity contribution in [3.05, 3.63) is 24.3 Å². The minimum atomic E-state index is -0.686. The second-order valence-corrected chi connectivity index (χ2v) is 6.88. The Morgan fingerprint density at radius 2 is 2.33 bits per heavy atom. The van der Waals surface area contributed by atoms with Crippen molar-refractivity contribution < 1.29 is 9.90 Å². The van der Waals surface area contributed by atoms with Crippen LogP contribution in [0.5, 0.6) is 0 Å². The van der Waals surface area contributed by atoms with E-state index < -0.39 is 5.60 Å². The van der Waals surface area contributed by atoms with Gasteiger partial charge >= 0.3 is 0 Å². The number of β-amino-alcohol motifs (C(OH)–C–C–N with tert-alkyl or cyclic N) is 1. The van der Waals surface area contributed by atoms with E-state index in [9.17, 15) is 9.90 Å². The fourth-order valence-corrected chi connectivity index (χ4v) is 3.63. The number of para-hydroxylation sites is 1. The zero-order chi connectivity index (χ0) is 14.9. The van der Waals surface area contributed by atoms with E-state index in [-0.39, 0.29) is 5.91 Å². The van der Waals surface area contributed by atoms with Gasteiger partial charge in [-0.05, 0) is 38.4 Å². The summed E-state index contributed by atoms with van der Waals surface area (Å²) in [5.74, 6) is -0.0771. The Morgan fingerprint density at radius 3 is 3.10 bits per heavy atom. The molecule has 1 atom stereocenters. The van der Waals surface area contributed by atoms with Crippen molar-refractivity contribution in [1.29, 1.82) is 0 Å². The minimum Gasteiger partial charge on any atom is -0.389 e. The van der Waals surface area contributed by atoms with Crippen LogP contribution in [0.1, 0.15) is 19.8 Å². The van der Waals surface area contributed by atoms with Crippen LogP contribution in [0.4, 0.5) is 5.13 Å². The van der Waals surface area contributed by atoms with Crippen LogP contribution in [-0.4, -0.2) is 46.1 Å². The normalized spacial score (nSPS) is 23.3. The van der Waals surface area contributed by atoms with Crippen molar-refractivity contribution in [3.8, 4) is 0 Å². The molecule has 3 rings (SSSR count). The van der Waals surface area contributed by atoms with Gasteiger partial charge < -0.3 is 10.4 Å². The Labute approximate surface area is 127 Å². The number of rotatable bonds is 3. The molecule has 1 unspecified atom stereocenters. The average molecular weight is 305 g/mol. The molecule has 6 heteroatoms. The average Bonchev–Trinajstić information content (AvgIpc) is 2.79. The predicted molar refractivity (Wildman–Crippen MR) is 84.5 cm³/mol. The summed E-state index contributed by atoms with van der Waals surface area (Å²) in [6, 6.07) is 7.82. The molecule has 1 aliphatic heterocycles. The number of fused-ring (bicyclic) bond motifs is 1. The first-order valence-corrected chi connectivity index (χ1v) is 7.94. The highest BCUT2D eigenvalue weighted by Gasteiger charge is 2.29. The quantitative estimate of drug-likeness (QED) is 0.911. The van der Waals surface area contributed by atoms with Gasteiger partial charge in [-0.3, -0.25) is 9.69 Å². The lowest BCUT2D eigenvalue weighted by Crippen LogP contribution is -2.48. The standard InChI is InChI=1S/C15H19N3O2S/c1-15(20)7-4-8-18(10-15)9-13(19)17-14-16-11-5-2-3-6-12(11)21-14/h2-3,5-6,20H,4,7-10H2,1H3,(H,16,17,19). The zero-order valence-electron chi connectivity index (χ0n) is 12.0. The van der Waals surface area contributed by atoms with Crippen molar-refractivity contribution >= 4 is 32.6 Å².